The summed E-state index contributed by atoms with van der Waals surface area (Å²) in [6, 6.07) is 20.5. The predicted molar refractivity (Wildman–Crippen MR) is 204 cm³/mol. The minimum atomic E-state index is -1.15. The summed E-state index contributed by atoms with van der Waals surface area (Å²) in [5.41, 5.74) is 2.74. The first-order valence-corrected chi connectivity index (χ1v) is 18.4. The molecule has 2 aromatic heterocycles. The summed E-state index contributed by atoms with van der Waals surface area (Å²) in [6.07, 6.45) is -0.0144. The van der Waals surface area contributed by atoms with Gasteiger partial charge in [-0.3, -0.25) is 14.4 Å². The first-order valence-electron chi connectivity index (χ1n) is 18.4. The maximum Gasteiger partial charge on any atom is 0.317 e. The molecule has 0 radical (unpaired) electrons. The van der Waals surface area contributed by atoms with Crippen molar-refractivity contribution >= 4 is 28.6 Å². The number of pyridine rings is 1. The number of para-hydroxylation sites is 1. The van der Waals surface area contributed by atoms with E-state index in [-0.39, 0.29) is 30.2 Å². The van der Waals surface area contributed by atoms with Crippen molar-refractivity contribution in [3.8, 4) is 6.01 Å². The number of β-amino-alcohol motifs (C(OH)–C–C–N with tert-alkyl or cyclic N) is 1. The smallest absolute Gasteiger partial charge is 0.317 e. The fourth-order valence-electron chi connectivity index (χ4n) is 6.64. The van der Waals surface area contributed by atoms with E-state index in [2.05, 4.69) is 30.9 Å². The molecule has 4 N–H and O–H groups in total. The Bertz CT molecular complexity index is 1860. The molecular weight excluding hydrogens is 670 g/mol. The van der Waals surface area contributed by atoms with Gasteiger partial charge >= 0.3 is 6.01 Å². The van der Waals surface area contributed by atoms with Gasteiger partial charge in [0.1, 0.15) is 17.8 Å². The number of hydrogen-bond donors (Lipinski definition) is 4. The van der Waals surface area contributed by atoms with E-state index >= 15 is 0 Å². The van der Waals surface area contributed by atoms with Gasteiger partial charge in [0, 0.05) is 35.3 Å². The Hall–Kier alpha value is -4.94. The van der Waals surface area contributed by atoms with E-state index in [4.69, 9.17) is 4.74 Å². The van der Waals surface area contributed by atoms with Gasteiger partial charge in [0.05, 0.1) is 23.7 Å². The van der Waals surface area contributed by atoms with Crippen LogP contribution in [0.2, 0.25) is 0 Å². The number of piperidine rings is 1. The zero-order valence-corrected chi connectivity index (χ0v) is 31.8. The second-order valence-corrected chi connectivity index (χ2v) is 15.3. The highest BCUT2D eigenvalue weighted by atomic mass is 16.5. The van der Waals surface area contributed by atoms with Gasteiger partial charge in [0.15, 0.2) is 0 Å². The molecule has 1 aliphatic rings. The standard InChI is InChI=1S/C41H53N7O5/c1-25(2)36(47-37(50)32-18-17-29-15-11-12-16-31(29)45-32)38(51)46-33(22-28-13-9-8-10-14-28)35(49)24-48(41(5,6)7)39(52)34-23-30(19-20-42-34)53-40-43-26(3)21-27(4)44-40/h8-18,21,25,30,33-36,42,49H,19-20,22-24H2,1-7H3,(H,46,51)(H,47,50)/t30-,33+,34?,35-,36+/m1/s1. The number of nitrogens with zero attached hydrogens (tertiary/aromatic N) is 4. The van der Waals surface area contributed by atoms with Crippen molar-refractivity contribution in [1.29, 1.82) is 0 Å². The van der Waals surface area contributed by atoms with Crippen molar-refractivity contribution in [3.05, 3.63) is 95.4 Å². The second kappa shape index (κ2) is 17.3. The van der Waals surface area contributed by atoms with E-state index in [1.165, 1.54) is 0 Å². The third-order valence-electron chi connectivity index (χ3n) is 9.49. The monoisotopic (exact) mass is 723 g/mol. The van der Waals surface area contributed by atoms with Crippen LogP contribution in [0.25, 0.3) is 10.9 Å². The molecule has 4 aromatic rings. The van der Waals surface area contributed by atoms with Gasteiger partial charge in [0.25, 0.3) is 5.91 Å². The van der Waals surface area contributed by atoms with E-state index in [1.54, 1.807) is 11.0 Å². The Labute approximate surface area is 312 Å². The lowest BCUT2D eigenvalue weighted by Crippen LogP contribution is -2.61. The Morgan fingerprint density at radius 1 is 0.943 bits per heavy atom. The maximum atomic E-state index is 14.2. The average Bonchev–Trinajstić information content (AvgIpc) is 3.11. The highest BCUT2D eigenvalue weighted by molar-refractivity contribution is 5.98. The van der Waals surface area contributed by atoms with E-state index in [0.29, 0.717) is 37.3 Å². The first-order chi connectivity index (χ1) is 25.2. The second-order valence-electron chi connectivity index (χ2n) is 15.3. The molecule has 5 atom stereocenters. The minimum absolute atomic E-state index is 0.0380. The summed E-state index contributed by atoms with van der Waals surface area (Å²) < 4.78 is 6.14. The van der Waals surface area contributed by atoms with Gasteiger partial charge in [-0.15, -0.1) is 0 Å². The summed E-state index contributed by atoms with van der Waals surface area (Å²) in [7, 11) is 0. The molecular formula is C41H53N7O5. The fourth-order valence-corrected chi connectivity index (χ4v) is 6.64. The summed E-state index contributed by atoms with van der Waals surface area (Å²) >= 11 is 0. The molecule has 0 saturated carbocycles. The summed E-state index contributed by atoms with van der Waals surface area (Å²) in [6.45, 7) is 13.8. The number of carbonyl (C=O) groups is 3. The van der Waals surface area contributed by atoms with Gasteiger partial charge in [-0.1, -0.05) is 68.4 Å². The molecule has 1 aliphatic heterocycles. The van der Waals surface area contributed by atoms with Crippen LogP contribution in [0.1, 0.15) is 74.9 Å². The Morgan fingerprint density at radius 3 is 2.30 bits per heavy atom. The number of benzene rings is 2. The molecule has 1 fully saturated rings. The number of ether oxygens (including phenoxy) is 1. The number of aryl methyl sites for hydroxylation is 2. The number of hydrogen-bond acceptors (Lipinski definition) is 9. The number of nitrogens with one attached hydrogen (secondary N) is 3. The maximum absolute atomic E-state index is 14.2. The molecule has 0 spiro atoms. The van der Waals surface area contributed by atoms with Crippen molar-refractivity contribution in [1.82, 2.24) is 35.8 Å². The van der Waals surface area contributed by atoms with Crippen LogP contribution in [0.15, 0.2) is 72.8 Å². The first kappa shape index (κ1) is 39.3. The highest BCUT2D eigenvalue weighted by Crippen LogP contribution is 2.23. The number of rotatable bonds is 13. The third-order valence-corrected chi connectivity index (χ3v) is 9.49. The lowest BCUT2D eigenvalue weighted by atomic mass is 9.95. The van der Waals surface area contributed by atoms with Crippen LogP contribution in [-0.2, 0) is 16.0 Å². The zero-order valence-electron chi connectivity index (χ0n) is 31.8. The van der Waals surface area contributed by atoms with Crippen LogP contribution in [0, 0.1) is 19.8 Å². The van der Waals surface area contributed by atoms with Gasteiger partial charge < -0.3 is 30.7 Å². The number of aromatic nitrogens is 3. The summed E-state index contributed by atoms with van der Waals surface area (Å²) in [5, 5.41) is 22.1. The molecule has 5 rings (SSSR count). The van der Waals surface area contributed by atoms with Crippen molar-refractivity contribution in [2.45, 2.75) is 104 Å². The van der Waals surface area contributed by atoms with Crippen LogP contribution in [-0.4, -0.2) is 91.6 Å². The molecule has 2 aromatic carbocycles. The topological polar surface area (TPSA) is 159 Å². The molecule has 0 bridgehead atoms. The SMILES string of the molecule is Cc1cc(C)nc(O[C@@H]2CCNC(C(=O)N(C[C@@H](O)[C@H](Cc3ccccc3)NC(=O)[C@@H](NC(=O)c3ccc4ccccc4n3)C(C)C)C(C)(C)C)C2)n1. The molecule has 53 heavy (non-hydrogen) atoms. The van der Waals surface area contributed by atoms with Gasteiger partial charge in [-0.05, 0) is 83.7 Å². The predicted octanol–water partition coefficient (Wildman–Crippen LogP) is 4.31. The fraction of sp³-hybridized carbons (Fsp3) is 0.463. The average molecular weight is 724 g/mol. The highest BCUT2D eigenvalue weighted by Gasteiger charge is 2.38. The number of fused-ring (bicyclic) bond motifs is 1. The van der Waals surface area contributed by atoms with Crippen LogP contribution < -0.4 is 20.7 Å². The number of aliphatic hydroxyl groups excluding tert-OH is 1. The summed E-state index contributed by atoms with van der Waals surface area (Å²) in [5.74, 6) is -1.36. The third kappa shape index (κ3) is 10.6. The van der Waals surface area contributed by atoms with Crippen LogP contribution in [0.4, 0.5) is 0 Å². The molecule has 3 heterocycles. The zero-order chi connectivity index (χ0) is 38.3. The van der Waals surface area contributed by atoms with E-state index in [9.17, 15) is 19.5 Å². The van der Waals surface area contributed by atoms with Crippen molar-refractivity contribution < 1.29 is 24.2 Å². The molecule has 282 valence electrons. The quantitative estimate of drug-likeness (QED) is 0.158. The van der Waals surface area contributed by atoms with Gasteiger partial charge in [-0.2, -0.15) is 0 Å². The number of carbonyl (C=O) groups excluding carboxylic acids is 3. The number of amides is 3. The Morgan fingerprint density at radius 2 is 1.62 bits per heavy atom. The minimum Gasteiger partial charge on any atom is -0.460 e. The van der Waals surface area contributed by atoms with E-state index in [1.807, 2.05) is 115 Å². The molecule has 0 aliphatic carbocycles. The Kier molecular flexibility index (Phi) is 12.8. The molecule has 1 unspecified atom stereocenters. The van der Waals surface area contributed by atoms with Crippen molar-refractivity contribution in [3.63, 3.8) is 0 Å². The lowest BCUT2D eigenvalue weighted by molar-refractivity contribution is -0.142. The molecule has 12 heteroatoms. The largest absolute Gasteiger partial charge is 0.460 e. The molecule has 1 saturated heterocycles. The number of aliphatic hydroxyl groups is 1. The lowest BCUT2D eigenvalue weighted by Gasteiger charge is -2.42. The van der Waals surface area contributed by atoms with Crippen molar-refractivity contribution in [2.75, 3.05) is 13.1 Å². The van der Waals surface area contributed by atoms with Crippen molar-refractivity contribution in [2.24, 2.45) is 5.92 Å². The van der Waals surface area contributed by atoms with E-state index < -0.39 is 41.6 Å². The van der Waals surface area contributed by atoms with Gasteiger partial charge in [0.2, 0.25) is 11.8 Å². The Balaban J connectivity index is 1.32. The van der Waals surface area contributed by atoms with E-state index in [0.717, 1.165) is 22.3 Å². The van der Waals surface area contributed by atoms with Crippen LogP contribution in [0.5, 0.6) is 6.01 Å². The molecule has 12 nitrogen and oxygen atoms in total. The van der Waals surface area contributed by atoms with Crippen LogP contribution >= 0.6 is 0 Å². The summed E-state index contributed by atoms with van der Waals surface area (Å²) in [4.78, 5) is 56.6. The normalized spacial score (nSPS) is 17.8. The van der Waals surface area contributed by atoms with Crippen LogP contribution in [0.3, 0.4) is 0 Å². The van der Waals surface area contributed by atoms with Gasteiger partial charge in [-0.25, -0.2) is 15.0 Å². The molecule has 3 amide bonds.